The molecule has 0 aliphatic heterocycles. The number of nitrogens with one attached hydrogen (secondary N) is 2. The standard InChI is InChI=1S/C51H88N2O/c1-3-5-7-9-11-13-15-17-19-21-23-25-27-29-31-33-35-37-39-41-43-45-47-49-52-51(54)53-50-48-46-44-42-40-38-36-34-32-30-28-26-24-22-20-18-16-14-12-10-8-6-4-2/h3-24,33-50H2,1-2H3,(H2,52,53,54). The first-order chi connectivity index (χ1) is 26.8. The van der Waals surface area contributed by atoms with Crippen molar-refractivity contribution >= 4 is 6.03 Å². The SMILES string of the molecule is CCCCCCCCCCCCC#CC#CCCCCCCCCCNC(=O)NCCCCCCCCCC#CC#CCCCCCCCCCCCC. The normalized spacial score (nSPS) is 10.3. The molecule has 2 amide bonds. The molecule has 0 aromatic carbocycles. The minimum atomic E-state index is -0.01000. The summed E-state index contributed by atoms with van der Waals surface area (Å²) in [5, 5.41) is 6.03. The number of amides is 2. The van der Waals surface area contributed by atoms with Gasteiger partial charge in [0, 0.05) is 38.8 Å². The van der Waals surface area contributed by atoms with Crippen LogP contribution in [0.3, 0.4) is 0 Å². The van der Waals surface area contributed by atoms with Gasteiger partial charge in [0.2, 0.25) is 0 Å². The summed E-state index contributed by atoms with van der Waals surface area (Å²) in [5.74, 6) is 25.1. The Bertz CT molecular complexity index is 950. The highest BCUT2D eigenvalue weighted by Crippen LogP contribution is 2.13. The molecule has 0 bridgehead atoms. The van der Waals surface area contributed by atoms with Crippen LogP contribution in [-0.4, -0.2) is 19.1 Å². The molecular weight excluding hydrogens is 657 g/mol. The largest absolute Gasteiger partial charge is 0.338 e. The van der Waals surface area contributed by atoms with Crippen LogP contribution in [0.15, 0.2) is 0 Å². The van der Waals surface area contributed by atoms with Gasteiger partial charge in [-0.1, -0.05) is 217 Å². The predicted molar refractivity (Wildman–Crippen MR) is 239 cm³/mol. The van der Waals surface area contributed by atoms with Gasteiger partial charge in [-0.05, 0) is 62.2 Å². The van der Waals surface area contributed by atoms with Crippen molar-refractivity contribution in [3.8, 4) is 47.4 Å². The van der Waals surface area contributed by atoms with E-state index in [0.717, 1.165) is 51.6 Å². The zero-order valence-electron chi connectivity index (χ0n) is 36.2. The molecule has 0 saturated heterocycles. The molecule has 308 valence electrons. The average Bonchev–Trinajstić information content (AvgIpc) is 3.18. The molecule has 0 aliphatic rings. The van der Waals surface area contributed by atoms with Crippen molar-refractivity contribution < 1.29 is 4.79 Å². The Morgan fingerprint density at radius 1 is 0.296 bits per heavy atom. The zero-order valence-corrected chi connectivity index (χ0v) is 36.2. The fourth-order valence-electron chi connectivity index (χ4n) is 6.74. The van der Waals surface area contributed by atoms with Crippen LogP contribution in [0.4, 0.5) is 4.79 Å². The van der Waals surface area contributed by atoms with Crippen LogP contribution in [0.5, 0.6) is 0 Å². The number of hydrogen-bond donors (Lipinski definition) is 2. The Morgan fingerprint density at radius 3 is 0.741 bits per heavy atom. The van der Waals surface area contributed by atoms with E-state index in [4.69, 9.17) is 0 Å². The maximum absolute atomic E-state index is 12.0. The molecule has 0 fully saturated rings. The quantitative estimate of drug-likeness (QED) is 0.0480. The molecule has 54 heavy (non-hydrogen) atoms. The lowest BCUT2D eigenvalue weighted by Gasteiger charge is -2.07. The minimum absolute atomic E-state index is 0.01000. The van der Waals surface area contributed by atoms with Crippen LogP contribution in [0, 0.1) is 47.4 Å². The first-order valence-electron chi connectivity index (χ1n) is 23.7. The Balaban J connectivity index is 3.33. The number of carbonyl (C=O) groups excluding carboxylic acids is 1. The molecule has 0 rings (SSSR count). The van der Waals surface area contributed by atoms with Gasteiger partial charge >= 0.3 is 6.03 Å². The molecule has 0 spiro atoms. The van der Waals surface area contributed by atoms with Gasteiger partial charge in [-0.15, -0.1) is 0 Å². The van der Waals surface area contributed by atoms with Crippen molar-refractivity contribution in [1.29, 1.82) is 0 Å². The highest BCUT2D eigenvalue weighted by molar-refractivity contribution is 5.73. The van der Waals surface area contributed by atoms with Crippen molar-refractivity contribution in [2.75, 3.05) is 13.1 Å². The molecular formula is C51H88N2O. The van der Waals surface area contributed by atoms with Crippen molar-refractivity contribution in [1.82, 2.24) is 10.6 Å². The average molecular weight is 745 g/mol. The predicted octanol–water partition coefficient (Wildman–Crippen LogP) is 15.2. The van der Waals surface area contributed by atoms with E-state index in [2.05, 4.69) is 71.8 Å². The Hall–Kier alpha value is -2.49. The minimum Gasteiger partial charge on any atom is -0.338 e. The summed E-state index contributed by atoms with van der Waals surface area (Å²) in [5.41, 5.74) is 0. The second-order valence-corrected chi connectivity index (χ2v) is 15.7. The van der Waals surface area contributed by atoms with Crippen molar-refractivity contribution in [3.05, 3.63) is 0 Å². The third-order valence-electron chi connectivity index (χ3n) is 10.3. The van der Waals surface area contributed by atoms with Crippen molar-refractivity contribution in [2.45, 2.75) is 258 Å². The van der Waals surface area contributed by atoms with Gasteiger partial charge in [0.15, 0.2) is 0 Å². The smallest absolute Gasteiger partial charge is 0.314 e. The summed E-state index contributed by atoms with van der Waals surface area (Å²) >= 11 is 0. The molecule has 0 aromatic rings. The fourth-order valence-corrected chi connectivity index (χ4v) is 6.74. The summed E-state index contributed by atoms with van der Waals surface area (Å²) in [6, 6.07) is -0.01000. The highest BCUT2D eigenvalue weighted by Gasteiger charge is 1.99. The summed E-state index contributed by atoms with van der Waals surface area (Å²) in [6.07, 6.45) is 48.4. The number of urea groups is 1. The molecule has 0 radical (unpaired) electrons. The van der Waals surface area contributed by atoms with Crippen LogP contribution >= 0.6 is 0 Å². The number of rotatable bonds is 38. The van der Waals surface area contributed by atoms with Crippen molar-refractivity contribution in [3.63, 3.8) is 0 Å². The third-order valence-corrected chi connectivity index (χ3v) is 10.3. The maximum Gasteiger partial charge on any atom is 0.314 e. The number of carbonyl (C=O) groups is 1. The second-order valence-electron chi connectivity index (χ2n) is 15.7. The van der Waals surface area contributed by atoms with E-state index in [1.165, 1.54) is 205 Å². The van der Waals surface area contributed by atoms with E-state index >= 15 is 0 Å². The van der Waals surface area contributed by atoms with Gasteiger partial charge in [0.1, 0.15) is 0 Å². The fraction of sp³-hybridized carbons (Fsp3) is 0.824. The van der Waals surface area contributed by atoms with Crippen LogP contribution in [0.2, 0.25) is 0 Å². The van der Waals surface area contributed by atoms with Gasteiger partial charge in [-0.25, -0.2) is 4.79 Å². The van der Waals surface area contributed by atoms with Crippen LogP contribution in [-0.2, 0) is 0 Å². The van der Waals surface area contributed by atoms with Gasteiger partial charge < -0.3 is 10.6 Å². The van der Waals surface area contributed by atoms with E-state index in [1.54, 1.807) is 0 Å². The molecule has 0 aliphatic carbocycles. The van der Waals surface area contributed by atoms with E-state index in [9.17, 15) is 4.79 Å². The van der Waals surface area contributed by atoms with Gasteiger partial charge in [-0.3, -0.25) is 0 Å². The molecule has 3 nitrogen and oxygen atoms in total. The lowest BCUT2D eigenvalue weighted by Crippen LogP contribution is -2.36. The van der Waals surface area contributed by atoms with E-state index in [-0.39, 0.29) is 6.03 Å². The first-order valence-corrected chi connectivity index (χ1v) is 23.7. The maximum atomic E-state index is 12.0. The van der Waals surface area contributed by atoms with Crippen molar-refractivity contribution in [2.24, 2.45) is 0 Å². The summed E-state index contributed by atoms with van der Waals surface area (Å²) < 4.78 is 0. The van der Waals surface area contributed by atoms with Crippen LogP contribution in [0.25, 0.3) is 0 Å². The lowest BCUT2D eigenvalue weighted by atomic mass is 10.1. The first kappa shape index (κ1) is 51.5. The van der Waals surface area contributed by atoms with E-state index < -0.39 is 0 Å². The third kappa shape index (κ3) is 47.5. The van der Waals surface area contributed by atoms with Gasteiger partial charge in [0.05, 0.1) is 0 Å². The Morgan fingerprint density at radius 2 is 0.500 bits per heavy atom. The van der Waals surface area contributed by atoms with E-state index in [1.807, 2.05) is 0 Å². The summed E-state index contributed by atoms with van der Waals surface area (Å²) in [7, 11) is 0. The number of unbranched alkanes of at least 4 members (excludes halogenated alkanes) is 34. The molecule has 0 unspecified atom stereocenters. The molecule has 0 heterocycles. The molecule has 0 aromatic heterocycles. The lowest BCUT2D eigenvalue weighted by molar-refractivity contribution is 0.240. The molecule has 0 saturated carbocycles. The van der Waals surface area contributed by atoms with E-state index in [0.29, 0.717) is 0 Å². The van der Waals surface area contributed by atoms with Crippen LogP contribution < -0.4 is 10.6 Å². The van der Waals surface area contributed by atoms with Crippen LogP contribution in [0.1, 0.15) is 258 Å². The summed E-state index contributed by atoms with van der Waals surface area (Å²) in [4.78, 5) is 12.0. The Labute approximate surface area is 338 Å². The topological polar surface area (TPSA) is 41.1 Å². The van der Waals surface area contributed by atoms with Gasteiger partial charge in [-0.2, -0.15) is 0 Å². The highest BCUT2D eigenvalue weighted by atomic mass is 16.2. The number of hydrogen-bond acceptors (Lipinski definition) is 1. The zero-order chi connectivity index (χ0) is 38.9. The molecule has 2 N–H and O–H groups in total. The summed E-state index contributed by atoms with van der Waals surface area (Å²) in [6.45, 7) is 6.11. The molecule has 0 atom stereocenters. The molecule has 3 heteroatoms. The Kier molecular flexibility index (Phi) is 46.3. The van der Waals surface area contributed by atoms with Gasteiger partial charge in [0.25, 0.3) is 0 Å². The monoisotopic (exact) mass is 745 g/mol. The second kappa shape index (κ2) is 48.5.